The lowest BCUT2D eigenvalue weighted by atomic mass is 9.85. The molecule has 1 fully saturated rings. The molecule has 0 spiro atoms. The number of halogens is 1. The molecule has 182 valence electrons. The number of benzene rings is 3. The fourth-order valence-corrected chi connectivity index (χ4v) is 3.42. The number of rotatable bonds is 5. The zero-order valence-electron chi connectivity index (χ0n) is 19.7. The number of carbonyl (C=O) groups excluding carboxylic acids is 1. The average Bonchev–Trinajstić information content (AvgIpc) is 2.89. The molecule has 3 aromatic carbocycles. The van der Waals surface area contributed by atoms with Crippen LogP contribution in [-0.2, 0) is 5.60 Å². The van der Waals surface area contributed by atoms with E-state index in [0.29, 0.717) is 18.0 Å². The summed E-state index contributed by atoms with van der Waals surface area (Å²) >= 11 is 2.94. The zero-order valence-corrected chi connectivity index (χ0v) is 21.3. The summed E-state index contributed by atoms with van der Waals surface area (Å²) in [5, 5.41) is 16.2. The number of para-hydroxylation sites is 1. The quantitative estimate of drug-likeness (QED) is 0.355. The third-order valence-electron chi connectivity index (χ3n) is 5.11. The van der Waals surface area contributed by atoms with E-state index in [9.17, 15) is 9.90 Å². The number of alkyl halides is 1. The number of amides is 1. The molecule has 1 aliphatic rings. The Morgan fingerprint density at radius 3 is 2.00 bits per heavy atom. The topological polar surface area (TPSA) is 79.8 Å². The molecule has 4 rings (SSSR count). The monoisotopic (exact) mass is 528 g/mol. The van der Waals surface area contributed by atoms with Crippen molar-refractivity contribution in [3.63, 3.8) is 0 Å². The summed E-state index contributed by atoms with van der Waals surface area (Å²) in [7, 11) is 0. The number of aliphatic hydroxyl groups is 1. The van der Waals surface area contributed by atoms with E-state index in [0.717, 1.165) is 37.2 Å². The highest BCUT2D eigenvalue weighted by atomic mass is 79.9. The molecule has 3 aromatic rings. The predicted molar refractivity (Wildman–Crippen MR) is 141 cm³/mol. The van der Waals surface area contributed by atoms with E-state index >= 15 is 0 Å². The number of hydrogen-bond donors (Lipinski definition) is 3. The lowest BCUT2D eigenvalue weighted by Crippen LogP contribution is -2.39. The molecule has 34 heavy (non-hydrogen) atoms. The lowest BCUT2D eigenvalue weighted by molar-refractivity contribution is 0.00594. The second kappa shape index (κ2) is 15.1. The molecular formula is C27H33BrN2O4. The molecule has 0 aliphatic carbocycles. The largest absolute Gasteiger partial charge is 0.494 e. The van der Waals surface area contributed by atoms with Gasteiger partial charge in [-0.05, 0) is 80.6 Å². The van der Waals surface area contributed by atoms with Crippen molar-refractivity contribution in [3.8, 4) is 11.5 Å². The van der Waals surface area contributed by atoms with Crippen molar-refractivity contribution < 1.29 is 19.4 Å². The molecule has 0 unspecified atom stereocenters. The van der Waals surface area contributed by atoms with E-state index in [1.165, 1.54) is 0 Å². The van der Waals surface area contributed by atoms with E-state index in [-0.39, 0.29) is 0 Å². The molecule has 1 heterocycles. The normalized spacial score (nSPS) is 13.8. The summed E-state index contributed by atoms with van der Waals surface area (Å²) in [6.45, 7) is 4.34. The second-order valence-electron chi connectivity index (χ2n) is 7.43. The Kier molecular flexibility index (Phi) is 12.2. The van der Waals surface area contributed by atoms with E-state index in [2.05, 4.69) is 26.6 Å². The van der Waals surface area contributed by atoms with Crippen LogP contribution in [0, 0.1) is 0 Å². The molecule has 3 N–H and O–H groups in total. The average molecular weight is 529 g/mol. The smallest absolute Gasteiger partial charge is 0.417 e. The molecule has 0 aromatic heterocycles. The van der Waals surface area contributed by atoms with Crippen LogP contribution in [0.15, 0.2) is 84.9 Å². The van der Waals surface area contributed by atoms with Crippen LogP contribution in [0.2, 0.25) is 0 Å². The van der Waals surface area contributed by atoms with Crippen molar-refractivity contribution in [2.45, 2.75) is 25.4 Å². The molecule has 0 atom stereocenters. The lowest BCUT2D eigenvalue weighted by Gasteiger charge is -2.32. The van der Waals surface area contributed by atoms with Crippen LogP contribution in [-0.4, -0.2) is 36.7 Å². The highest BCUT2D eigenvalue weighted by Gasteiger charge is 2.30. The number of ether oxygens (including phenoxy) is 2. The summed E-state index contributed by atoms with van der Waals surface area (Å²) in [5.74, 6) is 3.03. The molecule has 1 saturated heterocycles. The first kappa shape index (κ1) is 27.4. The molecule has 1 aliphatic heterocycles. The molecular weight excluding hydrogens is 496 g/mol. The Morgan fingerprint density at radius 2 is 1.44 bits per heavy atom. The standard InChI is InChI=1S/C15H15NO3.C11H15NO.CH3Br/c1-2-18-13-8-10-14(11-9-13)19-15(17)16-12-6-4-3-5-7-12;13-11(6-8-12-9-7-11)10-4-2-1-3-5-10;1-2/h3-11H,2H2,1H3,(H,16,17);1-5,12-13H,6-9H2;1H3. The van der Waals surface area contributed by atoms with Gasteiger partial charge in [-0.3, -0.25) is 5.32 Å². The Morgan fingerprint density at radius 1 is 0.912 bits per heavy atom. The first-order chi connectivity index (χ1) is 16.6. The maximum atomic E-state index is 11.6. The van der Waals surface area contributed by atoms with Gasteiger partial charge in [-0.25, -0.2) is 4.79 Å². The fourth-order valence-electron chi connectivity index (χ4n) is 3.42. The van der Waals surface area contributed by atoms with Gasteiger partial charge in [-0.2, -0.15) is 0 Å². The maximum Gasteiger partial charge on any atom is 0.417 e. The summed E-state index contributed by atoms with van der Waals surface area (Å²) < 4.78 is 10.5. The van der Waals surface area contributed by atoms with Gasteiger partial charge >= 0.3 is 6.09 Å². The maximum absolute atomic E-state index is 11.6. The van der Waals surface area contributed by atoms with E-state index in [4.69, 9.17) is 9.47 Å². The summed E-state index contributed by atoms with van der Waals surface area (Å²) in [6.07, 6.45) is 1.11. The van der Waals surface area contributed by atoms with Crippen molar-refractivity contribution >= 4 is 27.7 Å². The zero-order chi connectivity index (χ0) is 24.7. The number of anilines is 1. The van der Waals surface area contributed by atoms with Crippen molar-refractivity contribution in [1.29, 1.82) is 0 Å². The molecule has 0 bridgehead atoms. The third kappa shape index (κ3) is 9.17. The van der Waals surface area contributed by atoms with Crippen LogP contribution < -0.4 is 20.1 Å². The van der Waals surface area contributed by atoms with Crippen molar-refractivity contribution in [3.05, 3.63) is 90.5 Å². The van der Waals surface area contributed by atoms with Gasteiger partial charge in [0, 0.05) is 5.69 Å². The first-order valence-electron chi connectivity index (χ1n) is 11.2. The van der Waals surface area contributed by atoms with Gasteiger partial charge in [0.05, 0.1) is 12.2 Å². The van der Waals surface area contributed by atoms with Crippen LogP contribution in [0.1, 0.15) is 25.3 Å². The van der Waals surface area contributed by atoms with Gasteiger partial charge in [0.25, 0.3) is 0 Å². The van der Waals surface area contributed by atoms with E-state index < -0.39 is 11.7 Å². The van der Waals surface area contributed by atoms with Gasteiger partial charge < -0.3 is 19.9 Å². The molecule has 0 saturated carbocycles. The summed E-state index contributed by atoms with van der Waals surface area (Å²) in [6, 6.07) is 26.0. The van der Waals surface area contributed by atoms with Gasteiger partial charge in [0.1, 0.15) is 11.5 Å². The molecule has 6 nitrogen and oxygen atoms in total. The summed E-state index contributed by atoms with van der Waals surface area (Å²) in [4.78, 5) is 11.6. The molecule has 1 amide bonds. The number of carbonyl (C=O) groups is 1. The van der Waals surface area contributed by atoms with E-state index in [1.54, 1.807) is 36.4 Å². The highest BCUT2D eigenvalue weighted by molar-refractivity contribution is 9.08. The van der Waals surface area contributed by atoms with Gasteiger partial charge in [0.15, 0.2) is 0 Å². The van der Waals surface area contributed by atoms with Crippen LogP contribution in [0.25, 0.3) is 0 Å². The predicted octanol–water partition coefficient (Wildman–Crippen LogP) is 5.96. The second-order valence-corrected chi connectivity index (χ2v) is 7.43. The minimum Gasteiger partial charge on any atom is -0.494 e. The minimum absolute atomic E-state index is 0.469. The van der Waals surface area contributed by atoms with Crippen molar-refractivity contribution in [2.24, 2.45) is 0 Å². The molecule has 7 heteroatoms. The Bertz CT molecular complexity index is 947. The SMILES string of the molecule is CBr.CCOc1ccc(OC(=O)Nc2ccccc2)cc1.OC1(c2ccccc2)CCNCC1. The van der Waals surface area contributed by atoms with Gasteiger partial charge in [-0.1, -0.05) is 64.5 Å². The van der Waals surface area contributed by atoms with Gasteiger partial charge in [-0.15, -0.1) is 0 Å². The fraction of sp³-hybridized carbons (Fsp3) is 0.296. The van der Waals surface area contributed by atoms with Gasteiger partial charge in [0.2, 0.25) is 0 Å². The van der Waals surface area contributed by atoms with Crippen LogP contribution in [0.3, 0.4) is 0 Å². The van der Waals surface area contributed by atoms with Crippen molar-refractivity contribution in [2.75, 3.05) is 30.8 Å². The summed E-state index contributed by atoms with van der Waals surface area (Å²) in [5.41, 5.74) is 1.15. The Balaban J connectivity index is 0.000000237. The van der Waals surface area contributed by atoms with Crippen LogP contribution in [0.4, 0.5) is 10.5 Å². The van der Waals surface area contributed by atoms with Crippen LogP contribution >= 0.6 is 15.9 Å². The molecule has 0 radical (unpaired) electrons. The van der Waals surface area contributed by atoms with Crippen LogP contribution in [0.5, 0.6) is 11.5 Å². The Labute approximate surface area is 210 Å². The van der Waals surface area contributed by atoms with E-state index in [1.807, 2.05) is 61.3 Å². The minimum atomic E-state index is -0.591. The third-order valence-corrected chi connectivity index (χ3v) is 5.11. The number of hydrogen-bond acceptors (Lipinski definition) is 5. The first-order valence-corrected chi connectivity index (χ1v) is 12.8. The number of nitrogens with one attached hydrogen (secondary N) is 2. The Hall–Kier alpha value is -2.87. The number of piperidine rings is 1. The van der Waals surface area contributed by atoms with Crippen molar-refractivity contribution in [1.82, 2.24) is 5.32 Å². The highest BCUT2D eigenvalue weighted by Crippen LogP contribution is 2.29.